The van der Waals surface area contributed by atoms with Crippen LogP contribution in [0.4, 0.5) is 0 Å². The van der Waals surface area contributed by atoms with E-state index in [-0.39, 0.29) is 17.9 Å². The molecule has 1 aliphatic heterocycles. The van der Waals surface area contributed by atoms with Crippen LogP contribution in [0.2, 0.25) is 0 Å². The molecule has 96 valence electrons. The fourth-order valence-corrected chi connectivity index (χ4v) is 1.87. The fraction of sp³-hybridized carbons (Fsp3) is 0.692. The van der Waals surface area contributed by atoms with Gasteiger partial charge in [0, 0.05) is 6.42 Å². The van der Waals surface area contributed by atoms with Gasteiger partial charge in [0.2, 0.25) is 5.78 Å². The van der Waals surface area contributed by atoms with Gasteiger partial charge in [-0.3, -0.25) is 4.79 Å². The van der Waals surface area contributed by atoms with Crippen LogP contribution in [0.1, 0.15) is 51.9 Å². The summed E-state index contributed by atoms with van der Waals surface area (Å²) in [4.78, 5) is 22.4. The van der Waals surface area contributed by atoms with E-state index in [1.807, 2.05) is 0 Å². The summed E-state index contributed by atoms with van der Waals surface area (Å²) in [5.41, 5.74) is -0.140. The normalized spacial score (nSPS) is 18.4. The molecule has 0 unspecified atom stereocenters. The third-order valence-electron chi connectivity index (χ3n) is 2.87. The minimum absolute atomic E-state index is 0.104. The van der Waals surface area contributed by atoms with Gasteiger partial charge >= 0.3 is 5.97 Å². The Labute approximate surface area is 102 Å². The maximum absolute atomic E-state index is 11.2. The smallest absolute Gasteiger partial charge is 0.345 e. The quantitative estimate of drug-likeness (QED) is 0.244. The summed E-state index contributed by atoms with van der Waals surface area (Å²) in [6.07, 6.45) is 6.99. The van der Waals surface area contributed by atoms with Gasteiger partial charge in [-0.2, -0.15) is 0 Å². The lowest BCUT2D eigenvalue weighted by Gasteiger charge is -2.02. The molecule has 1 rings (SSSR count). The summed E-state index contributed by atoms with van der Waals surface area (Å²) >= 11 is 0. The van der Waals surface area contributed by atoms with Gasteiger partial charge in [-0.05, 0) is 6.42 Å². The van der Waals surface area contributed by atoms with E-state index in [2.05, 4.69) is 11.7 Å². The molecule has 1 aliphatic rings. The molecule has 0 aromatic rings. The molecular formula is C13H20O4. The number of Topliss-reactive ketones (excluding diaryl/α,β-unsaturated/α-hetero) is 1. The summed E-state index contributed by atoms with van der Waals surface area (Å²) in [5, 5.41) is 9.65. The Morgan fingerprint density at radius 1 is 1.18 bits per heavy atom. The number of aliphatic hydroxyl groups excluding tert-OH is 1. The lowest BCUT2D eigenvalue weighted by atomic mass is 10.1. The largest absolute Gasteiger partial charge is 0.511 e. The Balaban J connectivity index is 2.29. The zero-order valence-electron chi connectivity index (χ0n) is 10.3. The van der Waals surface area contributed by atoms with Gasteiger partial charge in [0.25, 0.3) is 0 Å². The van der Waals surface area contributed by atoms with E-state index in [4.69, 9.17) is 0 Å². The molecule has 1 N–H and O–H groups in total. The van der Waals surface area contributed by atoms with E-state index in [0.717, 1.165) is 19.3 Å². The van der Waals surface area contributed by atoms with E-state index in [0.29, 0.717) is 6.42 Å². The van der Waals surface area contributed by atoms with E-state index in [1.54, 1.807) is 0 Å². The maximum Gasteiger partial charge on any atom is 0.345 e. The highest BCUT2D eigenvalue weighted by Crippen LogP contribution is 2.18. The fourth-order valence-electron chi connectivity index (χ4n) is 1.87. The molecule has 1 saturated heterocycles. The van der Waals surface area contributed by atoms with Gasteiger partial charge in [0.1, 0.15) is 11.3 Å². The molecule has 0 bridgehead atoms. The highest BCUT2D eigenvalue weighted by molar-refractivity contribution is 6.22. The number of ketones is 1. The van der Waals surface area contributed by atoms with Crippen molar-refractivity contribution >= 4 is 11.8 Å². The molecule has 17 heavy (non-hydrogen) atoms. The van der Waals surface area contributed by atoms with Crippen LogP contribution in [-0.2, 0) is 14.3 Å². The first-order chi connectivity index (χ1) is 8.16. The second-order valence-electron chi connectivity index (χ2n) is 4.34. The van der Waals surface area contributed by atoms with Gasteiger partial charge in [-0.25, -0.2) is 4.79 Å². The zero-order chi connectivity index (χ0) is 12.7. The van der Waals surface area contributed by atoms with Crippen LogP contribution in [0.15, 0.2) is 11.3 Å². The predicted molar refractivity (Wildman–Crippen MR) is 63.6 cm³/mol. The number of allylic oxidation sites excluding steroid dienone is 1. The van der Waals surface area contributed by atoms with Crippen molar-refractivity contribution in [2.24, 2.45) is 0 Å². The Morgan fingerprint density at radius 3 is 2.41 bits per heavy atom. The van der Waals surface area contributed by atoms with E-state index >= 15 is 0 Å². The molecule has 0 saturated carbocycles. The van der Waals surface area contributed by atoms with Gasteiger partial charge in [0.05, 0.1) is 0 Å². The first kappa shape index (κ1) is 13.7. The van der Waals surface area contributed by atoms with Crippen LogP contribution >= 0.6 is 0 Å². The van der Waals surface area contributed by atoms with Crippen molar-refractivity contribution in [1.82, 2.24) is 0 Å². The summed E-state index contributed by atoms with van der Waals surface area (Å²) in [7, 11) is 0. The monoisotopic (exact) mass is 240 g/mol. The Morgan fingerprint density at radius 2 is 1.82 bits per heavy atom. The molecule has 0 aliphatic carbocycles. The predicted octanol–water partition coefficient (Wildman–Crippen LogP) is 2.68. The molecule has 4 nitrogen and oxygen atoms in total. The minimum Gasteiger partial charge on any atom is -0.511 e. The number of unbranched alkanes of at least 4 members (excludes halogenated alkanes) is 5. The van der Waals surface area contributed by atoms with Gasteiger partial charge in [-0.15, -0.1) is 0 Å². The summed E-state index contributed by atoms with van der Waals surface area (Å²) in [6.45, 7) is 1.93. The highest BCUT2D eigenvalue weighted by Gasteiger charge is 2.31. The number of carbonyl (C=O) groups is 2. The number of ether oxygens (including phenoxy) is 1. The first-order valence-electron chi connectivity index (χ1n) is 6.29. The number of aliphatic hydroxyl groups is 1. The van der Waals surface area contributed by atoms with Crippen molar-refractivity contribution < 1.29 is 19.4 Å². The second kappa shape index (κ2) is 7.09. The van der Waals surface area contributed by atoms with E-state index in [1.165, 1.54) is 19.3 Å². The molecule has 1 heterocycles. The number of esters is 1. The van der Waals surface area contributed by atoms with Crippen molar-refractivity contribution in [1.29, 1.82) is 0 Å². The van der Waals surface area contributed by atoms with Crippen molar-refractivity contribution in [2.45, 2.75) is 51.9 Å². The zero-order valence-corrected chi connectivity index (χ0v) is 10.3. The SMILES string of the molecule is CCCCCCCCC(O)=C1C(=O)COC1=O. The van der Waals surface area contributed by atoms with E-state index < -0.39 is 11.8 Å². The summed E-state index contributed by atoms with van der Waals surface area (Å²) < 4.78 is 4.55. The average Bonchev–Trinajstić information content (AvgIpc) is 2.63. The van der Waals surface area contributed by atoms with Crippen molar-refractivity contribution in [2.75, 3.05) is 6.61 Å². The third-order valence-corrected chi connectivity index (χ3v) is 2.87. The Bertz CT molecular complexity index is 299. The molecule has 0 amide bonds. The summed E-state index contributed by atoms with van der Waals surface area (Å²) in [6, 6.07) is 0. The Kier molecular flexibility index (Phi) is 5.73. The number of hydrogen-bond acceptors (Lipinski definition) is 4. The lowest BCUT2D eigenvalue weighted by Crippen LogP contribution is -2.05. The van der Waals surface area contributed by atoms with Crippen molar-refractivity contribution in [3.05, 3.63) is 11.3 Å². The number of carbonyl (C=O) groups excluding carboxylic acids is 2. The summed E-state index contributed by atoms with van der Waals surface area (Å²) in [5.74, 6) is -1.19. The van der Waals surface area contributed by atoms with Crippen LogP contribution in [0.25, 0.3) is 0 Å². The third kappa shape index (κ3) is 4.21. The van der Waals surface area contributed by atoms with Crippen LogP contribution in [-0.4, -0.2) is 23.5 Å². The standard InChI is InChI=1S/C13H20O4/c1-2-3-4-5-6-7-8-10(14)12-11(15)9-17-13(12)16/h14H,2-9H2,1H3. The van der Waals surface area contributed by atoms with Crippen LogP contribution in [0.3, 0.4) is 0 Å². The highest BCUT2D eigenvalue weighted by atomic mass is 16.5. The molecule has 4 heteroatoms. The lowest BCUT2D eigenvalue weighted by molar-refractivity contribution is -0.135. The van der Waals surface area contributed by atoms with Gasteiger partial charge < -0.3 is 9.84 Å². The molecule has 0 radical (unpaired) electrons. The molecule has 0 aromatic carbocycles. The van der Waals surface area contributed by atoms with Crippen LogP contribution in [0, 0.1) is 0 Å². The molecule has 0 spiro atoms. The molecule has 0 aromatic heterocycles. The first-order valence-corrected chi connectivity index (χ1v) is 6.29. The second-order valence-corrected chi connectivity index (χ2v) is 4.34. The number of rotatable bonds is 7. The van der Waals surface area contributed by atoms with Crippen LogP contribution < -0.4 is 0 Å². The number of cyclic esters (lactones) is 1. The van der Waals surface area contributed by atoms with Crippen molar-refractivity contribution in [3.63, 3.8) is 0 Å². The van der Waals surface area contributed by atoms with E-state index in [9.17, 15) is 14.7 Å². The number of hydrogen-bond donors (Lipinski definition) is 1. The molecular weight excluding hydrogens is 220 g/mol. The van der Waals surface area contributed by atoms with Crippen LogP contribution in [0.5, 0.6) is 0 Å². The average molecular weight is 240 g/mol. The van der Waals surface area contributed by atoms with Gasteiger partial charge in [-0.1, -0.05) is 39.0 Å². The van der Waals surface area contributed by atoms with Gasteiger partial charge in [0.15, 0.2) is 6.61 Å². The topological polar surface area (TPSA) is 63.6 Å². The Hall–Kier alpha value is -1.32. The molecule has 0 atom stereocenters. The van der Waals surface area contributed by atoms with Crippen molar-refractivity contribution in [3.8, 4) is 0 Å². The maximum atomic E-state index is 11.2. The molecule has 1 fully saturated rings. The minimum atomic E-state index is -0.682.